The zero-order valence-electron chi connectivity index (χ0n) is 12.5. The Kier molecular flexibility index (Phi) is 6.26. The Bertz CT molecular complexity index is 380. The summed E-state index contributed by atoms with van der Waals surface area (Å²) in [7, 11) is -3.12. The Morgan fingerprint density at radius 1 is 1.25 bits per heavy atom. The van der Waals surface area contributed by atoms with Crippen molar-refractivity contribution in [2.24, 2.45) is 5.92 Å². The molecule has 0 radical (unpaired) electrons. The first-order valence-electron chi connectivity index (χ1n) is 7.92. The highest BCUT2D eigenvalue weighted by molar-refractivity contribution is 7.89. The van der Waals surface area contributed by atoms with Crippen LogP contribution in [0, 0.1) is 5.92 Å². The number of hydrogen-bond donors (Lipinski definition) is 1. The monoisotopic (exact) mass is 304 g/mol. The van der Waals surface area contributed by atoms with Crippen molar-refractivity contribution in [2.45, 2.75) is 45.1 Å². The number of sulfonamides is 1. The van der Waals surface area contributed by atoms with Crippen LogP contribution < -0.4 is 5.32 Å². The summed E-state index contributed by atoms with van der Waals surface area (Å²) >= 11 is 0. The molecule has 0 aromatic rings. The summed E-state index contributed by atoms with van der Waals surface area (Å²) in [6, 6.07) is 0. The second kappa shape index (κ2) is 7.73. The van der Waals surface area contributed by atoms with Crippen molar-refractivity contribution in [1.29, 1.82) is 0 Å². The van der Waals surface area contributed by atoms with Crippen LogP contribution in [0.2, 0.25) is 0 Å². The Hall–Kier alpha value is -0.170. The van der Waals surface area contributed by atoms with E-state index in [0.717, 1.165) is 51.8 Å². The molecular formula is C14H28N2O3S. The smallest absolute Gasteiger partial charge is 0.214 e. The molecule has 2 rings (SSSR count). The molecule has 0 saturated carbocycles. The van der Waals surface area contributed by atoms with Crippen molar-refractivity contribution in [2.75, 3.05) is 38.5 Å². The number of nitrogens with one attached hydrogen (secondary N) is 1. The lowest BCUT2D eigenvalue weighted by Crippen LogP contribution is -2.45. The normalized spacial score (nSPS) is 26.8. The van der Waals surface area contributed by atoms with Gasteiger partial charge in [-0.05, 0) is 51.1 Å². The molecule has 0 bridgehead atoms. The van der Waals surface area contributed by atoms with Crippen molar-refractivity contribution in [1.82, 2.24) is 9.62 Å². The minimum absolute atomic E-state index is 0.0893. The maximum Gasteiger partial charge on any atom is 0.214 e. The van der Waals surface area contributed by atoms with E-state index in [1.165, 1.54) is 0 Å². The van der Waals surface area contributed by atoms with Gasteiger partial charge < -0.3 is 10.1 Å². The number of hydrogen-bond acceptors (Lipinski definition) is 4. The minimum atomic E-state index is -3.12. The molecule has 2 saturated heterocycles. The van der Waals surface area contributed by atoms with Crippen molar-refractivity contribution in [3.63, 3.8) is 0 Å². The number of rotatable bonds is 6. The molecule has 1 atom stereocenters. The molecule has 0 aliphatic carbocycles. The van der Waals surface area contributed by atoms with Gasteiger partial charge in [0.1, 0.15) is 0 Å². The molecule has 118 valence electrons. The fourth-order valence-electron chi connectivity index (χ4n) is 3.03. The highest BCUT2D eigenvalue weighted by Crippen LogP contribution is 2.21. The number of ether oxygens (including phenoxy) is 1. The molecule has 1 unspecified atom stereocenters. The largest absolute Gasteiger partial charge is 0.377 e. The quantitative estimate of drug-likeness (QED) is 0.801. The molecule has 6 heteroatoms. The van der Waals surface area contributed by atoms with Gasteiger partial charge in [0.25, 0.3) is 0 Å². The summed E-state index contributed by atoms with van der Waals surface area (Å²) in [5, 5.41) is 3.28. The van der Waals surface area contributed by atoms with Gasteiger partial charge in [-0.2, -0.15) is 4.31 Å². The average molecular weight is 304 g/mol. The van der Waals surface area contributed by atoms with Gasteiger partial charge >= 0.3 is 0 Å². The third kappa shape index (κ3) is 4.69. The maximum absolute atomic E-state index is 12.5. The second-order valence-corrected chi connectivity index (χ2v) is 7.98. The molecule has 2 fully saturated rings. The lowest BCUT2D eigenvalue weighted by atomic mass is 10.0. The Morgan fingerprint density at radius 2 is 2.00 bits per heavy atom. The van der Waals surface area contributed by atoms with E-state index < -0.39 is 10.0 Å². The molecule has 0 aromatic carbocycles. The van der Waals surface area contributed by atoms with Gasteiger partial charge in [-0.25, -0.2) is 8.42 Å². The SMILES string of the molecule is CCCOC1CCCN(S(=O)(=O)CC2CCNCC2)C1. The van der Waals surface area contributed by atoms with Gasteiger partial charge in [0, 0.05) is 19.7 Å². The van der Waals surface area contributed by atoms with Crippen LogP contribution in [-0.2, 0) is 14.8 Å². The summed E-state index contributed by atoms with van der Waals surface area (Å²) in [6.45, 7) is 5.92. The first-order valence-corrected chi connectivity index (χ1v) is 9.53. The van der Waals surface area contributed by atoms with Crippen LogP contribution in [0.3, 0.4) is 0 Å². The molecule has 1 N–H and O–H groups in total. The van der Waals surface area contributed by atoms with Gasteiger partial charge in [0.05, 0.1) is 11.9 Å². The van der Waals surface area contributed by atoms with Crippen LogP contribution in [-0.4, -0.2) is 57.4 Å². The van der Waals surface area contributed by atoms with E-state index in [4.69, 9.17) is 4.74 Å². The molecule has 2 heterocycles. The predicted molar refractivity (Wildman–Crippen MR) is 80.2 cm³/mol. The van der Waals surface area contributed by atoms with E-state index in [0.29, 0.717) is 24.8 Å². The van der Waals surface area contributed by atoms with Crippen LogP contribution in [0.25, 0.3) is 0 Å². The van der Waals surface area contributed by atoms with Gasteiger partial charge in [-0.15, -0.1) is 0 Å². The second-order valence-electron chi connectivity index (χ2n) is 5.96. The van der Waals surface area contributed by atoms with Gasteiger partial charge in [-0.3, -0.25) is 0 Å². The molecular weight excluding hydrogens is 276 g/mol. The zero-order chi connectivity index (χ0) is 14.4. The Balaban J connectivity index is 1.87. The lowest BCUT2D eigenvalue weighted by molar-refractivity contribution is 0.0192. The fraction of sp³-hybridized carbons (Fsp3) is 1.00. The summed E-state index contributed by atoms with van der Waals surface area (Å²) in [4.78, 5) is 0. The highest BCUT2D eigenvalue weighted by atomic mass is 32.2. The predicted octanol–water partition coefficient (Wildman–Crippen LogP) is 1.21. The van der Waals surface area contributed by atoms with Crippen LogP contribution >= 0.6 is 0 Å². The molecule has 5 nitrogen and oxygen atoms in total. The van der Waals surface area contributed by atoms with Crippen LogP contribution in [0.4, 0.5) is 0 Å². The molecule has 0 aromatic heterocycles. The van der Waals surface area contributed by atoms with Gasteiger partial charge in [-0.1, -0.05) is 6.92 Å². The number of nitrogens with zero attached hydrogens (tertiary/aromatic N) is 1. The minimum Gasteiger partial charge on any atom is -0.377 e. The first-order chi connectivity index (χ1) is 9.62. The van der Waals surface area contributed by atoms with E-state index in [1.54, 1.807) is 4.31 Å². The fourth-order valence-corrected chi connectivity index (χ4v) is 4.97. The van der Waals surface area contributed by atoms with Crippen LogP contribution in [0.15, 0.2) is 0 Å². The highest BCUT2D eigenvalue weighted by Gasteiger charge is 2.31. The average Bonchev–Trinajstić information content (AvgIpc) is 2.46. The summed E-state index contributed by atoms with van der Waals surface area (Å²) in [5.41, 5.74) is 0. The molecule has 0 spiro atoms. The maximum atomic E-state index is 12.5. The van der Waals surface area contributed by atoms with Crippen molar-refractivity contribution in [3.8, 4) is 0 Å². The molecule has 0 amide bonds. The first kappa shape index (κ1) is 16.2. The van der Waals surface area contributed by atoms with E-state index in [-0.39, 0.29) is 6.10 Å². The van der Waals surface area contributed by atoms with Crippen molar-refractivity contribution in [3.05, 3.63) is 0 Å². The van der Waals surface area contributed by atoms with E-state index in [9.17, 15) is 8.42 Å². The Morgan fingerprint density at radius 3 is 2.70 bits per heavy atom. The third-order valence-electron chi connectivity index (χ3n) is 4.20. The van der Waals surface area contributed by atoms with Gasteiger partial charge in [0.15, 0.2) is 0 Å². The van der Waals surface area contributed by atoms with Gasteiger partial charge in [0.2, 0.25) is 10.0 Å². The van der Waals surface area contributed by atoms with E-state index >= 15 is 0 Å². The van der Waals surface area contributed by atoms with Crippen molar-refractivity contribution >= 4 is 10.0 Å². The summed E-state index contributed by atoms with van der Waals surface area (Å²) in [5.74, 6) is 0.632. The van der Waals surface area contributed by atoms with Crippen LogP contribution in [0.1, 0.15) is 39.0 Å². The Labute approximate surface area is 123 Å². The van der Waals surface area contributed by atoms with E-state index in [2.05, 4.69) is 12.2 Å². The summed E-state index contributed by atoms with van der Waals surface area (Å²) < 4.78 is 32.4. The standard InChI is InChI=1S/C14H28N2O3S/c1-2-10-19-14-4-3-9-16(11-14)20(17,18)12-13-5-7-15-8-6-13/h13-15H,2-12H2,1H3. The molecule has 2 aliphatic heterocycles. The summed E-state index contributed by atoms with van der Waals surface area (Å²) in [6.07, 6.45) is 4.93. The third-order valence-corrected chi connectivity index (χ3v) is 6.21. The van der Waals surface area contributed by atoms with Crippen LogP contribution in [0.5, 0.6) is 0 Å². The van der Waals surface area contributed by atoms with Crippen molar-refractivity contribution < 1.29 is 13.2 Å². The van der Waals surface area contributed by atoms with E-state index in [1.807, 2.05) is 0 Å². The zero-order valence-corrected chi connectivity index (χ0v) is 13.3. The molecule has 20 heavy (non-hydrogen) atoms. The lowest BCUT2D eigenvalue weighted by Gasteiger charge is -2.33. The molecule has 2 aliphatic rings. The topological polar surface area (TPSA) is 58.6 Å². The number of piperidine rings is 2.